The number of piperazine rings is 1. The van der Waals surface area contributed by atoms with Gasteiger partial charge in [0.1, 0.15) is 11.7 Å². The van der Waals surface area contributed by atoms with E-state index in [2.05, 4.69) is 4.90 Å². The van der Waals surface area contributed by atoms with E-state index >= 15 is 0 Å². The number of methoxy groups -OCH3 is 1. The topological polar surface area (TPSA) is 82.9 Å². The Kier molecular flexibility index (Phi) is 5.52. The van der Waals surface area contributed by atoms with E-state index in [0.717, 1.165) is 5.69 Å². The number of hydrogen-bond acceptors (Lipinski definition) is 6. The van der Waals surface area contributed by atoms with Gasteiger partial charge in [0.25, 0.3) is 0 Å². The van der Waals surface area contributed by atoms with Crippen LogP contribution in [0.4, 0.5) is 10.5 Å². The van der Waals surface area contributed by atoms with Gasteiger partial charge < -0.3 is 19.3 Å². The quantitative estimate of drug-likeness (QED) is 0.766. The zero-order chi connectivity index (χ0) is 18.6. The zero-order valence-electron chi connectivity index (χ0n) is 15.0. The third kappa shape index (κ3) is 4.63. The third-order valence-electron chi connectivity index (χ3n) is 3.83. The van der Waals surface area contributed by atoms with Crippen molar-refractivity contribution in [3.8, 4) is 6.07 Å². The fourth-order valence-corrected chi connectivity index (χ4v) is 2.58. The summed E-state index contributed by atoms with van der Waals surface area (Å²) in [6, 6.07) is 7.07. The van der Waals surface area contributed by atoms with E-state index in [4.69, 9.17) is 14.7 Å². The van der Waals surface area contributed by atoms with Crippen LogP contribution in [0, 0.1) is 11.3 Å². The van der Waals surface area contributed by atoms with Gasteiger partial charge in [-0.1, -0.05) is 0 Å². The van der Waals surface area contributed by atoms with Gasteiger partial charge in [-0.15, -0.1) is 0 Å². The molecule has 0 bridgehead atoms. The highest BCUT2D eigenvalue weighted by atomic mass is 16.6. The van der Waals surface area contributed by atoms with Gasteiger partial charge in [-0.2, -0.15) is 5.26 Å². The second-order valence-electron chi connectivity index (χ2n) is 6.79. The number of carbonyl (C=O) groups is 2. The fraction of sp³-hybridized carbons (Fsp3) is 0.500. The maximum absolute atomic E-state index is 12.1. The van der Waals surface area contributed by atoms with Crippen molar-refractivity contribution in [1.82, 2.24) is 4.90 Å². The van der Waals surface area contributed by atoms with Gasteiger partial charge in [-0.05, 0) is 39.0 Å². The number of benzene rings is 1. The molecular formula is C18H23N3O4. The average molecular weight is 345 g/mol. The van der Waals surface area contributed by atoms with E-state index < -0.39 is 11.6 Å². The van der Waals surface area contributed by atoms with Crippen LogP contribution in [0.5, 0.6) is 0 Å². The van der Waals surface area contributed by atoms with Crippen LogP contribution in [0.3, 0.4) is 0 Å². The molecule has 1 aromatic rings. The molecular weight excluding hydrogens is 322 g/mol. The molecule has 1 saturated heterocycles. The summed E-state index contributed by atoms with van der Waals surface area (Å²) in [4.78, 5) is 27.7. The predicted octanol–water partition coefficient (Wildman–Crippen LogP) is 2.40. The van der Waals surface area contributed by atoms with Crippen LogP contribution in [0.15, 0.2) is 18.2 Å². The molecule has 1 fully saturated rings. The van der Waals surface area contributed by atoms with E-state index in [-0.39, 0.29) is 17.2 Å². The summed E-state index contributed by atoms with van der Waals surface area (Å²) in [5, 5.41) is 9.12. The van der Waals surface area contributed by atoms with Crippen LogP contribution < -0.4 is 4.90 Å². The van der Waals surface area contributed by atoms with Crippen LogP contribution in [0.2, 0.25) is 0 Å². The molecule has 1 amide bonds. The Morgan fingerprint density at radius 3 is 2.32 bits per heavy atom. The summed E-state index contributed by atoms with van der Waals surface area (Å²) >= 11 is 0. The normalized spacial score (nSPS) is 14.7. The summed E-state index contributed by atoms with van der Waals surface area (Å²) in [6.45, 7) is 7.81. The van der Waals surface area contributed by atoms with Crippen molar-refractivity contribution in [2.75, 3.05) is 38.2 Å². The summed E-state index contributed by atoms with van der Waals surface area (Å²) in [6.07, 6.45) is -0.317. The minimum absolute atomic E-state index is 0.247. The molecule has 0 radical (unpaired) electrons. The van der Waals surface area contributed by atoms with Crippen molar-refractivity contribution >= 4 is 17.7 Å². The molecule has 1 heterocycles. The monoisotopic (exact) mass is 345 g/mol. The first-order valence-electron chi connectivity index (χ1n) is 8.10. The number of ether oxygens (including phenoxy) is 2. The van der Waals surface area contributed by atoms with Crippen molar-refractivity contribution < 1.29 is 19.1 Å². The van der Waals surface area contributed by atoms with Crippen molar-refractivity contribution in [1.29, 1.82) is 5.26 Å². The van der Waals surface area contributed by atoms with Gasteiger partial charge in [0, 0.05) is 31.9 Å². The number of rotatable bonds is 2. The van der Waals surface area contributed by atoms with Gasteiger partial charge in [-0.3, -0.25) is 0 Å². The number of hydrogen-bond donors (Lipinski definition) is 0. The minimum Gasteiger partial charge on any atom is -0.465 e. The lowest BCUT2D eigenvalue weighted by atomic mass is 10.1. The first-order valence-corrected chi connectivity index (χ1v) is 8.10. The Labute approximate surface area is 147 Å². The van der Waals surface area contributed by atoms with Crippen LogP contribution in [-0.4, -0.2) is 55.9 Å². The van der Waals surface area contributed by atoms with Gasteiger partial charge in [0.05, 0.1) is 18.2 Å². The van der Waals surface area contributed by atoms with Crippen molar-refractivity contribution in [3.63, 3.8) is 0 Å². The molecule has 0 N–H and O–H groups in total. The van der Waals surface area contributed by atoms with Crippen LogP contribution in [0.1, 0.15) is 36.7 Å². The number of esters is 1. The molecule has 0 unspecified atom stereocenters. The van der Waals surface area contributed by atoms with Crippen LogP contribution in [-0.2, 0) is 9.47 Å². The summed E-state index contributed by atoms with van der Waals surface area (Å²) < 4.78 is 10.1. The molecule has 0 aromatic heterocycles. The summed E-state index contributed by atoms with van der Waals surface area (Å²) in [5.41, 5.74) is 0.833. The van der Waals surface area contributed by atoms with Crippen molar-refractivity contribution in [2.45, 2.75) is 26.4 Å². The Morgan fingerprint density at radius 1 is 1.16 bits per heavy atom. The summed E-state index contributed by atoms with van der Waals surface area (Å²) in [7, 11) is 1.29. The molecule has 0 spiro atoms. The summed E-state index contributed by atoms with van der Waals surface area (Å²) in [5.74, 6) is -0.536. The highest BCUT2D eigenvalue weighted by molar-refractivity contribution is 5.93. The molecule has 2 rings (SSSR count). The lowest BCUT2D eigenvalue weighted by molar-refractivity contribution is 0.0240. The lowest BCUT2D eigenvalue weighted by Crippen LogP contribution is -2.50. The second-order valence-corrected chi connectivity index (χ2v) is 6.79. The maximum atomic E-state index is 12.1. The van der Waals surface area contributed by atoms with E-state index in [1.165, 1.54) is 7.11 Å². The molecule has 134 valence electrons. The fourth-order valence-electron chi connectivity index (χ4n) is 2.58. The van der Waals surface area contributed by atoms with E-state index in [1.807, 2.05) is 26.8 Å². The van der Waals surface area contributed by atoms with E-state index in [0.29, 0.717) is 26.2 Å². The third-order valence-corrected chi connectivity index (χ3v) is 3.83. The van der Waals surface area contributed by atoms with Crippen molar-refractivity contribution in [2.24, 2.45) is 0 Å². The number of amides is 1. The second kappa shape index (κ2) is 7.43. The Hall–Kier alpha value is -2.75. The minimum atomic E-state index is -0.536. The predicted molar refractivity (Wildman–Crippen MR) is 92.5 cm³/mol. The highest BCUT2D eigenvalue weighted by Crippen LogP contribution is 2.22. The lowest BCUT2D eigenvalue weighted by Gasteiger charge is -2.36. The van der Waals surface area contributed by atoms with Gasteiger partial charge >= 0.3 is 12.1 Å². The zero-order valence-corrected chi connectivity index (χ0v) is 15.0. The Morgan fingerprint density at radius 2 is 1.80 bits per heavy atom. The Balaban J connectivity index is 2.07. The maximum Gasteiger partial charge on any atom is 0.410 e. The highest BCUT2D eigenvalue weighted by Gasteiger charge is 2.26. The number of nitrogens with zero attached hydrogens (tertiary/aromatic N) is 3. The molecule has 7 heteroatoms. The molecule has 7 nitrogen and oxygen atoms in total. The molecule has 0 aliphatic carbocycles. The molecule has 1 aliphatic rings. The first kappa shape index (κ1) is 18.6. The largest absolute Gasteiger partial charge is 0.465 e. The molecule has 1 aliphatic heterocycles. The Bertz CT molecular complexity index is 695. The van der Waals surface area contributed by atoms with E-state index in [9.17, 15) is 9.59 Å². The molecule has 0 atom stereocenters. The van der Waals surface area contributed by atoms with Crippen LogP contribution >= 0.6 is 0 Å². The van der Waals surface area contributed by atoms with Gasteiger partial charge in [0.2, 0.25) is 0 Å². The van der Waals surface area contributed by atoms with Crippen LogP contribution in [0.25, 0.3) is 0 Å². The standard InChI is InChI=1S/C18H23N3O4/c1-18(2,3)25-17(23)21-9-7-20(8-10-21)14-6-5-13(12-19)15(11-14)16(22)24-4/h5-6,11H,7-10H2,1-4H3. The SMILES string of the molecule is COC(=O)c1cc(N2CCN(C(=O)OC(C)(C)C)CC2)ccc1C#N. The van der Waals surface area contributed by atoms with Gasteiger partial charge in [0.15, 0.2) is 0 Å². The van der Waals surface area contributed by atoms with Gasteiger partial charge in [-0.25, -0.2) is 9.59 Å². The molecule has 25 heavy (non-hydrogen) atoms. The molecule has 1 aromatic carbocycles. The number of nitriles is 1. The van der Waals surface area contributed by atoms with E-state index in [1.54, 1.807) is 23.1 Å². The molecule has 0 saturated carbocycles. The first-order chi connectivity index (χ1) is 11.7. The van der Waals surface area contributed by atoms with Crippen molar-refractivity contribution in [3.05, 3.63) is 29.3 Å². The number of carbonyl (C=O) groups excluding carboxylic acids is 2. The smallest absolute Gasteiger partial charge is 0.410 e. The average Bonchev–Trinajstić information content (AvgIpc) is 2.59. The number of anilines is 1.